The van der Waals surface area contributed by atoms with Gasteiger partial charge in [-0.05, 0) is 12.1 Å². The minimum absolute atomic E-state index is 0.311. The fourth-order valence-corrected chi connectivity index (χ4v) is 4.19. The number of benzene rings is 2. The third-order valence-electron chi connectivity index (χ3n) is 5.53. The molecule has 0 radical (unpaired) electrons. The van der Waals surface area contributed by atoms with E-state index in [1.54, 1.807) is 41.6 Å². The molecule has 4 rings (SSSR count). The molecule has 154 valence electrons. The number of para-hydroxylation sites is 1. The van der Waals surface area contributed by atoms with Crippen LogP contribution in [0.25, 0.3) is 0 Å². The number of nitrogens with zero attached hydrogens (tertiary/aromatic N) is 3. The minimum Gasteiger partial charge on any atom is -0.469 e. The lowest BCUT2D eigenvalue weighted by molar-refractivity contribution is -0.156. The van der Waals surface area contributed by atoms with Gasteiger partial charge in [0.25, 0.3) is 0 Å². The van der Waals surface area contributed by atoms with Crippen molar-refractivity contribution in [2.24, 2.45) is 16.9 Å². The van der Waals surface area contributed by atoms with Gasteiger partial charge in [0.1, 0.15) is 30.4 Å². The highest BCUT2D eigenvalue weighted by Gasteiger charge is 2.62. The summed E-state index contributed by atoms with van der Waals surface area (Å²) in [6.07, 6.45) is 0.871. The maximum Gasteiger partial charge on any atom is 0.313 e. The van der Waals surface area contributed by atoms with Gasteiger partial charge in [0.15, 0.2) is 5.78 Å². The van der Waals surface area contributed by atoms with Crippen molar-refractivity contribution in [1.82, 2.24) is 5.01 Å². The predicted octanol–water partition coefficient (Wildman–Crippen LogP) is 1.92. The molecule has 0 aliphatic carbocycles. The SMILES string of the molecule is COC(=O)C1C(C(=O)OC)C2N(c3ccccc3)C=NN2C1C(=O)c1ccccc1. The zero-order valence-corrected chi connectivity index (χ0v) is 16.5. The van der Waals surface area contributed by atoms with Gasteiger partial charge >= 0.3 is 11.9 Å². The third-order valence-corrected chi connectivity index (χ3v) is 5.53. The molecule has 0 aromatic heterocycles. The highest BCUT2D eigenvalue weighted by Crippen LogP contribution is 2.43. The molecule has 2 aromatic rings. The fraction of sp³-hybridized carbons (Fsp3) is 0.273. The molecule has 8 nitrogen and oxygen atoms in total. The van der Waals surface area contributed by atoms with Crippen LogP contribution in [0.4, 0.5) is 5.69 Å². The number of fused-ring (bicyclic) bond motifs is 1. The first-order valence-electron chi connectivity index (χ1n) is 9.49. The number of hydrogen-bond donors (Lipinski definition) is 0. The summed E-state index contributed by atoms with van der Waals surface area (Å²) in [6.45, 7) is 0. The molecule has 0 saturated carbocycles. The lowest BCUT2D eigenvalue weighted by Crippen LogP contribution is -2.45. The van der Waals surface area contributed by atoms with Crippen LogP contribution in [0.3, 0.4) is 0 Å². The molecule has 8 heteroatoms. The van der Waals surface area contributed by atoms with E-state index in [0.717, 1.165) is 5.69 Å². The first-order chi connectivity index (χ1) is 14.6. The summed E-state index contributed by atoms with van der Waals surface area (Å²) in [5.41, 5.74) is 1.20. The molecule has 30 heavy (non-hydrogen) atoms. The normalized spacial score (nSPS) is 24.5. The molecule has 2 aliphatic rings. The maximum atomic E-state index is 13.4. The van der Waals surface area contributed by atoms with Gasteiger partial charge in [0.05, 0.1) is 14.2 Å². The Morgan fingerprint density at radius 1 is 0.833 bits per heavy atom. The third kappa shape index (κ3) is 3.10. The van der Waals surface area contributed by atoms with Crippen LogP contribution in [0, 0.1) is 11.8 Å². The Morgan fingerprint density at radius 2 is 1.40 bits per heavy atom. The van der Waals surface area contributed by atoms with Crippen LogP contribution in [-0.2, 0) is 19.1 Å². The molecule has 4 unspecified atom stereocenters. The number of ether oxygens (including phenoxy) is 2. The van der Waals surface area contributed by atoms with Crippen LogP contribution in [0.1, 0.15) is 10.4 Å². The second-order valence-electron chi connectivity index (χ2n) is 7.04. The highest BCUT2D eigenvalue weighted by molar-refractivity contribution is 6.04. The highest BCUT2D eigenvalue weighted by atomic mass is 16.5. The number of hydrazone groups is 1. The largest absolute Gasteiger partial charge is 0.469 e. The standard InChI is InChI=1S/C22H21N3O5/c1-29-21(27)16-17(22(28)30-2)20-24(15-11-7-4-8-12-15)13-23-25(20)18(16)19(26)14-9-5-3-6-10-14/h3-13,16-18,20H,1-2H3. The molecule has 1 fully saturated rings. The van der Waals surface area contributed by atoms with E-state index in [9.17, 15) is 14.4 Å². The molecular weight excluding hydrogens is 386 g/mol. The monoisotopic (exact) mass is 407 g/mol. The average Bonchev–Trinajstić information content (AvgIpc) is 3.36. The van der Waals surface area contributed by atoms with Gasteiger partial charge in [-0.15, -0.1) is 0 Å². The summed E-state index contributed by atoms with van der Waals surface area (Å²) in [4.78, 5) is 40.8. The van der Waals surface area contributed by atoms with E-state index >= 15 is 0 Å². The van der Waals surface area contributed by atoms with Crippen molar-refractivity contribution in [2.75, 3.05) is 19.1 Å². The van der Waals surface area contributed by atoms with Gasteiger partial charge in [-0.3, -0.25) is 19.4 Å². The van der Waals surface area contributed by atoms with Crippen molar-refractivity contribution in [2.45, 2.75) is 12.2 Å². The molecule has 4 atom stereocenters. The molecule has 2 aliphatic heterocycles. The molecule has 0 spiro atoms. The first-order valence-corrected chi connectivity index (χ1v) is 9.49. The number of ketones is 1. The van der Waals surface area contributed by atoms with E-state index in [0.29, 0.717) is 5.56 Å². The summed E-state index contributed by atoms with van der Waals surface area (Å²) in [7, 11) is 2.50. The van der Waals surface area contributed by atoms with Crippen molar-refractivity contribution in [3.05, 3.63) is 66.2 Å². The maximum absolute atomic E-state index is 13.4. The second kappa shape index (κ2) is 7.98. The summed E-state index contributed by atoms with van der Waals surface area (Å²) in [6, 6.07) is 17.0. The van der Waals surface area contributed by atoms with Gasteiger partial charge in [0, 0.05) is 11.3 Å². The predicted molar refractivity (Wildman–Crippen MR) is 109 cm³/mol. The zero-order valence-electron chi connectivity index (χ0n) is 16.5. The number of rotatable bonds is 5. The smallest absolute Gasteiger partial charge is 0.313 e. The number of anilines is 1. The van der Waals surface area contributed by atoms with Crippen molar-refractivity contribution in [3.8, 4) is 0 Å². The number of carbonyl (C=O) groups is 3. The van der Waals surface area contributed by atoms with E-state index in [4.69, 9.17) is 9.47 Å². The number of Topliss-reactive ketones (excluding diaryl/α,β-unsaturated/α-hetero) is 1. The topological polar surface area (TPSA) is 88.5 Å². The van der Waals surface area contributed by atoms with E-state index in [1.165, 1.54) is 19.2 Å². The van der Waals surface area contributed by atoms with Crippen LogP contribution >= 0.6 is 0 Å². The fourth-order valence-electron chi connectivity index (χ4n) is 4.19. The van der Waals surface area contributed by atoms with Crippen LogP contribution in [0.15, 0.2) is 65.8 Å². The minimum atomic E-state index is -1.07. The number of hydrogen-bond acceptors (Lipinski definition) is 8. The van der Waals surface area contributed by atoms with E-state index in [-0.39, 0.29) is 5.78 Å². The van der Waals surface area contributed by atoms with Crippen LogP contribution in [-0.4, -0.2) is 55.5 Å². The second-order valence-corrected chi connectivity index (χ2v) is 7.04. The number of esters is 2. The Labute approximate surface area is 173 Å². The van der Waals surface area contributed by atoms with E-state index in [2.05, 4.69) is 5.10 Å². The molecule has 0 amide bonds. The number of methoxy groups -OCH3 is 2. The summed E-state index contributed by atoms with van der Waals surface area (Å²) < 4.78 is 10.0. The Kier molecular flexibility index (Phi) is 5.22. The van der Waals surface area contributed by atoms with Crippen LogP contribution in [0.2, 0.25) is 0 Å². The van der Waals surface area contributed by atoms with E-state index < -0.39 is 36.0 Å². The van der Waals surface area contributed by atoms with Gasteiger partial charge < -0.3 is 14.4 Å². The Balaban J connectivity index is 1.82. The summed E-state index contributed by atoms with van der Waals surface area (Å²) in [5.74, 6) is -3.60. The molecular formula is C22H21N3O5. The van der Waals surface area contributed by atoms with Crippen molar-refractivity contribution in [1.29, 1.82) is 0 Å². The van der Waals surface area contributed by atoms with Crippen molar-refractivity contribution < 1.29 is 23.9 Å². The zero-order chi connectivity index (χ0) is 21.3. The van der Waals surface area contributed by atoms with Gasteiger partial charge in [-0.1, -0.05) is 48.5 Å². The molecule has 2 aromatic carbocycles. The van der Waals surface area contributed by atoms with Gasteiger partial charge in [0.2, 0.25) is 0 Å². The Hall–Kier alpha value is -3.68. The van der Waals surface area contributed by atoms with Gasteiger partial charge in [-0.2, -0.15) is 5.10 Å². The van der Waals surface area contributed by atoms with Crippen molar-refractivity contribution >= 4 is 29.7 Å². The molecule has 2 heterocycles. The first kappa shape index (κ1) is 19.6. The lowest BCUT2D eigenvalue weighted by atomic mass is 9.85. The molecule has 0 bridgehead atoms. The summed E-state index contributed by atoms with van der Waals surface area (Å²) >= 11 is 0. The summed E-state index contributed by atoms with van der Waals surface area (Å²) in [5, 5.41) is 5.93. The Morgan fingerprint density at radius 3 is 2.00 bits per heavy atom. The van der Waals surface area contributed by atoms with Crippen LogP contribution < -0.4 is 4.90 Å². The van der Waals surface area contributed by atoms with Crippen LogP contribution in [0.5, 0.6) is 0 Å². The molecule has 0 N–H and O–H groups in total. The van der Waals surface area contributed by atoms with E-state index in [1.807, 2.05) is 30.3 Å². The van der Waals surface area contributed by atoms with Gasteiger partial charge in [-0.25, -0.2) is 0 Å². The lowest BCUT2D eigenvalue weighted by Gasteiger charge is -2.29. The molecule has 1 saturated heterocycles. The average molecular weight is 407 g/mol. The quantitative estimate of drug-likeness (QED) is 0.553. The van der Waals surface area contributed by atoms with Crippen molar-refractivity contribution in [3.63, 3.8) is 0 Å². The number of carbonyl (C=O) groups excluding carboxylic acids is 3. The Bertz CT molecular complexity index is 979.